The minimum Gasteiger partial charge on any atom is -0.294 e. The Morgan fingerprint density at radius 2 is 1.47 bits per heavy atom. The molecule has 0 heterocycles. The van der Waals surface area contributed by atoms with Crippen molar-refractivity contribution in [1.82, 2.24) is 0 Å². The molecule has 0 spiro atoms. The first-order chi connectivity index (χ1) is 8.62. The zero-order valence-electron chi connectivity index (χ0n) is 11.5. The summed E-state index contributed by atoms with van der Waals surface area (Å²) in [5.41, 5.74) is 0. The SMILES string of the molecule is C[Si](C)(C)OS(=O)(=O)OCCCCCCO[SH](=O)=O. The minimum absolute atomic E-state index is 0.0729. The summed E-state index contributed by atoms with van der Waals surface area (Å²) in [6.07, 6.45) is 2.67. The van der Waals surface area contributed by atoms with E-state index in [2.05, 4.69) is 4.18 Å². The summed E-state index contributed by atoms with van der Waals surface area (Å²) < 4.78 is 56.8. The van der Waals surface area contributed by atoms with Crippen molar-refractivity contribution in [3.05, 3.63) is 0 Å². The number of hydrogen-bond acceptors (Lipinski definition) is 7. The lowest BCUT2D eigenvalue weighted by Crippen LogP contribution is -2.30. The van der Waals surface area contributed by atoms with Crippen LogP contribution in [0.2, 0.25) is 19.6 Å². The lowest BCUT2D eigenvalue weighted by atomic mass is 10.2. The molecule has 116 valence electrons. The van der Waals surface area contributed by atoms with Gasteiger partial charge in [-0.2, -0.15) is 8.42 Å². The van der Waals surface area contributed by atoms with E-state index in [0.29, 0.717) is 12.8 Å². The van der Waals surface area contributed by atoms with E-state index in [1.807, 2.05) is 0 Å². The van der Waals surface area contributed by atoms with E-state index in [9.17, 15) is 16.8 Å². The normalized spacial score (nSPS) is 13.1. The van der Waals surface area contributed by atoms with Crippen molar-refractivity contribution in [2.45, 2.75) is 45.3 Å². The molecule has 0 atom stereocenters. The number of hydrogen-bond donors (Lipinski definition) is 1. The predicted molar refractivity (Wildman–Crippen MR) is 74.0 cm³/mol. The molecule has 10 heteroatoms. The summed E-state index contributed by atoms with van der Waals surface area (Å²) in [5, 5.41) is 0. The number of thiol groups is 1. The third-order valence-corrected chi connectivity index (χ3v) is 5.48. The van der Waals surface area contributed by atoms with Crippen molar-refractivity contribution in [2.75, 3.05) is 13.2 Å². The smallest absolute Gasteiger partial charge is 0.294 e. The van der Waals surface area contributed by atoms with Gasteiger partial charge in [-0.15, -0.1) is 0 Å². The molecule has 0 unspecified atom stereocenters. The lowest BCUT2D eigenvalue weighted by molar-refractivity contribution is 0.261. The predicted octanol–water partition coefficient (Wildman–Crippen LogP) is 1.20. The largest absolute Gasteiger partial charge is 0.390 e. The van der Waals surface area contributed by atoms with Gasteiger partial charge in [-0.1, -0.05) is 12.8 Å². The van der Waals surface area contributed by atoms with Crippen molar-refractivity contribution >= 4 is 29.7 Å². The second-order valence-electron chi connectivity index (χ2n) is 4.90. The van der Waals surface area contributed by atoms with Crippen LogP contribution in [0.1, 0.15) is 25.7 Å². The molecule has 0 aliphatic heterocycles. The third-order valence-electron chi connectivity index (χ3n) is 1.82. The van der Waals surface area contributed by atoms with Gasteiger partial charge in [0.25, 0.3) is 11.0 Å². The van der Waals surface area contributed by atoms with Crippen LogP contribution in [0.3, 0.4) is 0 Å². The van der Waals surface area contributed by atoms with Gasteiger partial charge in [0.2, 0.25) is 8.32 Å². The average molecular weight is 334 g/mol. The minimum atomic E-state index is -3.89. The highest BCUT2D eigenvalue weighted by Crippen LogP contribution is 2.10. The van der Waals surface area contributed by atoms with E-state index in [0.717, 1.165) is 12.8 Å². The molecule has 0 aliphatic carbocycles. The maximum Gasteiger partial charge on any atom is 0.390 e. The Kier molecular flexibility index (Phi) is 9.03. The van der Waals surface area contributed by atoms with Gasteiger partial charge in [0.15, 0.2) is 0 Å². The standard InChI is InChI=1S/C9H22O7S2Si/c1-19(2,3)16-18(12,13)15-9-7-5-4-6-8-14-17(10)11/h17H,4-9H2,1-3H3. The van der Waals surface area contributed by atoms with Crippen LogP contribution in [-0.4, -0.2) is 38.4 Å². The molecule has 0 N–H and O–H groups in total. The zero-order chi connectivity index (χ0) is 14.9. The summed E-state index contributed by atoms with van der Waals surface area (Å²) in [6.45, 7) is 5.51. The maximum atomic E-state index is 11.4. The van der Waals surface area contributed by atoms with Crippen LogP contribution >= 0.6 is 0 Å². The topological polar surface area (TPSA) is 96.0 Å². The Hall–Kier alpha value is -0.00312. The summed E-state index contributed by atoms with van der Waals surface area (Å²) in [5.74, 6) is 0. The lowest BCUT2D eigenvalue weighted by Gasteiger charge is -2.15. The second kappa shape index (κ2) is 9.03. The Balaban J connectivity index is 3.59. The van der Waals surface area contributed by atoms with Crippen molar-refractivity contribution in [2.24, 2.45) is 0 Å². The van der Waals surface area contributed by atoms with Crippen LogP contribution in [0.25, 0.3) is 0 Å². The quantitative estimate of drug-likeness (QED) is 0.344. The molecule has 0 fully saturated rings. The van der Waals surface area contributed by atoms with E-state index in [4.69, 9.17) is 8.06 Å². The van der Waals surface area contributed by atoms with E-state index in [1.54, 1.807) is 19.6 Å². The molecule has 0 rings (SSSR count). The first kappa shape index (κ1) is 19.0. The van der Waals surface area contributed by atoms with Gasteiger partial charge in [0, 0.05) is 0 Å². The Morgan fingerprint density at radius 3 is 1.95 bits per heavy atom. The number of rotatable bonds is 11. The van der Waals surface area contributed by atoms with Crippen LogP contribution in [0.15, 0.2) is 0 Å². The molecule has 0 aromatic carbocycles. The van der Waals surface area contributed by atoms with Crippen LogP contribution < -0.4 is 0 Å². The van der Waals surface area contributed by atoms with E-state index >= 15 is 0 Å². The second-order valence-corrected chi connectivity index (χ2v) is 11.5. The highest BCUT2D eigenvalue weighted by molar-refractivity contribution is 7.83. The third kappa shape index (κ3) is 14.2. The van der Waals surface area contributed by atoms with Gasteiger partial charge in [0.1, 0.15) is 0 Å². The number of unbranched alkanes of at least 4 members (excludes halogenated alkanes) is 3. The van der Waals surface area contributed by atoms with Crippen LogP contribution in [-0.2, 0) is 33.6 Å². The summed E-state index contributed by atoms with van der Waals surface area (Å²) in [7, 11) is -8.84. The fraction of sp³-hybridized carbons (Fsp3) is 1.00. The van der Waals surface area contributed by atoms with Gasteiger partial charge in [-0.25, -0.2) is 12.6 Å². The molecule has 7 nitrogen and oxygen atoms in total. The van der Waals surface area contributed by atoms with Crippen LogP contribution in [0, 0.1) is 0 Å². The summed E-state index contributed by atoms with van der Waals surface area (Å²) in [4.78, 5) is 0. The molecule has 0 bridgehead atoms. The molecule has 0 aromatic heterocycles. The first-order valence-corrected chi connectivity index (χ1v) is 11.8. The van der Waals surface area contributed by atoms with Crippen molar-refractivity contribution in [1.29, 1.82) is 0 Å². The maximum absolute atomic E-state index is 11.4. The Labute approximate surface area is 117 Å². The molecule has 0 saturated carbocycles. The van der Waals surface area contributed by atoms with Gasteiger partial charge in [-0.05, 0) is 32.5 Å². The van der Waals surface area contributed by atoms with Gasteiger partial charge < -0.3 is 0 Å². The highest BCUT2D eigenvalue weighted by atomic mass is 32.3. The van der Waals surface area contributed by atoms with Gasteiger partial charge in [-0.3, -0.25) is 8.06 Å². The monoisotopic (exact) mass is 334 g/mol. The van der Waals surface area contributed by atoms with Gasteiger partial charge >= 0.3 is 10.4 Å². The average Bonchev–Trinajstić information content (AvgIpc) is 2.17. The summed E-state index contributed by atoms with van der Waals surface area (Å²) in [6, 6.07) is 0. The fourth-order valence-corrected chi connectivity index (χ4v) is 4.43. The molecular formula is C9H22O7S2Si. The van der Waals surface area contributed by atoms with E-state index < -0.39 is 29.7 Å². The highest BCUT2D eigenvalue weighted by Gasteiger charge is 2.24. The molecular weight excluding hydrogens is 312 g/mol. The molecule has 0 aromatic rings. The molecule has 19 heavy (non-hydrogen) atoms. The van der Waals surface area contributed by atoms with E-state index in [-0.39, 0.29) is 13.2 Å². The molecule has 0 aliphatic rings. The molecule has 0 saturated heterocycles. The van der Waals surface area contributed by atoms with Crippen molar-refractivity contribution in [3.8, 4) is 0 Å². The van der Waals surface area contributed by atoms with E-state index in [1.165, 1.54) is 0 Å². The van der Waals surface area contributed by atoms with Gasteiger partial charge in [0.05, 0.1) is 13.2 Å². The van der Waals surface area contributed by atoms with Crippen LogP contribution in [0.4, 0.5) is 0 Å². The van der Waals surface area contributed by atoms with Crippen LogP contribution in [0.5, 0.6) is 0 Å². The first-order valence-electron chi connectivity index (χ1n) is 6.00. The van der Waals surface area contributed by atoms with Crippen molar-refractivity contribution < 1.29 is 29.1 Å². The zero-order valence-corrected chi connectivity index (χ0v) is 14.2. The van der Waals surface area contributed by atoms with Crippen molar-refractivity contribution in [3.63, 3.8) is 0 Å². The molecule has 0 radical (unpaired) electrons. The summed E-state index contributed by atoms with van der Waals surface area (Å²) >= 11 is 0. The molecule has 0 amide bonds. The Morgan fingerprint density at radius 1 is 0.947 bits per heavy atom. The Bertz CT molecular complexity index is 403. The fourth-order valence-electron chi connectivity index (χ4n) is 1.19.